The van der Waals surface area contributed by atoms with E-state index in [1.807, 2.05) is 6.20 Å². The molecular formula is C30H24ClF12N7O4. The van der Waals surface area contributed by atoms with Crippen molar-refractivity contribution in [1.29, 1.82) is 0 Å². The molecule has 294 valence electrons. The zero-order valence-electron chi connectivity index (χ0n) is 26.7. The number of fused-ring (bicyclic) bond motifs is 6. The maximum atomic E-state index is 11.2. The Morgan fingerprint density at radius 2 is 1.22 bits per heavy atom. The SMILES string of the molecule is Clc1cnc2nc1Nc1ccc(NC3CCNCC3)c(c1)CCc1cncc(c1)N2.O=C(C(=O)C(F)(F)F)C(F)(F)F.O=C(C(=O)C(F)(F)F)C(F)(F)F. The summed E-state index contributed by atoms with van der Waals surface area (Å²) >= 11 is 6.35. The number of Topliss-reactive ketones (excluding diaryl/α,β-unsaturated/α-hetero) is 4. The summed E-state index contributed by atoms with van der Waals surface area (Å²) in [6, 6.07) is 9.00. The van der Waals surface area contributed by atoms with Crippen molar-refractivity contribution in [1.82, 2.24) is 20.3 Å². The van der Waals surface area contributed by atoms with Gasteiger partial charge >= 0.3 is 47.8 Å². The Bertz CT molecular complexity index is 1750. The maximum Gasteiger partial charge on any atom is 0.458 e. The van der Waals surface area contributed by atoms with Crippen LogP contribution in [0.3, 0.4) is 0 Å². The van der Waals surface area contributed by atoms with Crippen LogP contribution in [0, 0.1) is 0 Å². The van der Waals surface area contributed by atoms with E-state index >= 15 is 0 Å². The number of anilines is 5. The van der Waals surface area contributed by atoms with Gasteiger partial charge in [0.1, 0.15) is 5.02 Å². The molecular weight excluding hydrogens is 786 g/mol. The molecule has 24 heteroatoms. The van der Waals surface area contributed by atoms with E-state index in [2.05, 4.69) is 60.5 Å². The van der Waals surface area contributed by atoms with Gasteiger partial charge in [-0.1, -0.05) is 11.6 Å². The maximum absolute atomic E-state index is 11.2. The van der Waals surface area contributed by atoms with E-state index in [-0.39, 0.29) is 0 Å². The predicted molar refractivity (Wildman–Crippen MR) is 165 cm³/mol. The van der Waals surface area contributed by atoms with Gasteiger partial charge in [0.25, 0.3) is 0 Å². The fraction of sp³-hybridized carbons (Fsp3) is 0.367. The molecule has 1 aromatic carbocycles. The number of piperidine rings is 1. The number of carbonyl (C=O) groups excluding carboxylic acids is 4. The van der Waals surface area contributed by atoms with E-state index in [4.69, 9.17) is 11.6 Å². The first-order chi connectivity index (χ1) is 24.9. The van der Waals surface area contributed by atoms with Crippen molar-refractivity contribution in [3.05, 3.63) is 59.0 Å². The first kappa shape index (κ1) is 43.3. The van der Waals surface area contributed by atoms with Crippen molar-refractivity contribution < 1.29 is 71.9 Å². The van der Waals surface area contributed by atoms with Gasteiger partial charge in [-0.2, -0.15) is 57.7 Å². The minimum atomic E-state index is -5.77. The number of alkyl halides is 12. The van der Waals surface area contributed by atoms with Crippen molar-refractivity contribution in [3.8, 4) is 0 Å². The van der Waals surface area contributed by atoms with Gasteiger partial charge in [-0.15, -0.1) is 0 Å². The number of benzene rings is 1. The lowest BCUT2D eigenvalue weighted by atomic mass is 10.0. The van der Waals surface area contributed by atoms with Crippen LogP contribution in [-0.4, -0.2) is 81.9 Å². The molecule has 5 rings (SSSR count). The molecule has 1 saturated heterocycles. The van der Waals surface area contributed by atoms with Crippen molar-refractivity contribution in [2.24, 2.45) is 0 Å². The zero-order valence-corrected chi connectivity index (χ0v) is 27.5. The molecule has 0 atom stereocenters. The topological polar surface area (TPSA) is 155 Å². The number of ketones is 4. The minimum absolute atomic E-state index is 0.473. The standard InChI is InChI=1S/C22H24ClN7.2C4F6O2/c23-19-13-26-22-29-18-9-14(11-25-12-18)1-2-15-10-17(28-21(19)30-22)3-4-20(15)27-16-5-7-24-8-6-16;2*5-3(6,7)1(11)2(12)4(8,9)10/h3-4,9-13,16,24,27H,1-2,5-8H2,(H2,26,28,29,30);;. The van der Waals surface area contributed by atoms with Crippen LogP contribution < -0.4 is 21.3 Å². The molecule has 0 radical (unpaired) electrons. The summed E-state index contributed by atoms with van der Waals surface area (Å²) in [6.45, 7) is 2.12. The van der Waals surface area contributed by atoms with Gasteiger partial charge in [-0.25, -0.2) is 4.98 Å². The van der Waals surface area contributed by atoms with Gasteiger partial charge in [-0.05, 0) is 74.2 Å². The van der Waals surface area contributed by atoms with Crippen molar-refractivity contribution in [2.45, 2.75) is 56.4 Å². The summed E-state index contributed by atoms with van der Waals surface area (Å²) in [7, 11) is 0. The second kappa shape index (κ2) is 17.4. The Hall–Kier alpha value is -5.06. The van der Waals surface area contributed by atoms with Gasteiger partial charge in [0.2, 0.25) is 5.95 Å². The van der Waals surface area contributed by atoms with Crippen LogP contribution in [0.5, 0.6) is 0 Å². The van der Waals surface area contributed by atoms with Crippen LogP contribution >= 0.6 is 11.6 Å². The monoisotopic (exact) mass is 809 g/mol. The van der Waals surface area contributed by atoms with Crippen LogP contribution in [0.15, 0.2) is 42.9 Å². The number of nitrogens with one attached hydrogen (secondary N) is 4. The highest BCUT2D eigenvalue weighted by atomic mass is 35.5. The van der Waals surface area contributed by atoms with Crippen molar-refractivity contribution >= 4 is 63.6 Å². The lowest BCUT2D eigenvalue weighted by Crippen LogP contribution is -2.39. The quantitative estimate of drug-likeness (QED) is 0.163. The molecule has 54 heavy (non-hydrogen) atoms. The number of nitrogens with zero attached hydrogens (tertiary/aromatic N) is 3. The molecule has 0 aliphatic carbocycles. The summed E-state index contributed by atoms with van der Waals surface area (Å²) in [4.78, 5) is 51.7. The third-order valence-electron chi connectivity index (χ3n) is 6.99. The number of aromatic nitrogens is 3. The molecule has 4 N–H and O–H groups in total. The molecule has 0 spiro atoms. The Balaban J connectivity index is 0.000000272. The Morgan fingerprint density at radius 1 is 0.685 bits per heavy atom. The van der Waals surface area contributed by atoms with E-state index in [1.165, 1.54) is 16.8 Å². The summed E-state index contributed by atoms with van der Waals surface area (Å²) in [5.74, 6) is -12.6. The molecule has 2 aliphatic rings. The van der Waals surface area contributed by atoms with Crippen LogP contribution in [-0.2, 0) is 32.0 Å². The number of halogens is 13. The minimum Gasteiger partial charge on any atom is -0.382 e. The Morgan fingerprint density at radius 3 is 1.74 bits per heavy atom. The van der Waals surface area contributed by atoms with E-state index in [1.54, 1.807) is 12.4 Å². The molecule has 2 aromatic heterocycles. The molecule has 6 bridgehead atoms. The van der Waals surface area contributed by atoms with Gasteiger partial charge in [-0.3, -0.25) is 24.2 Å². The van der Waals surface area contributed by atoms with E-state index in [0.29, 0.717) is 22.8 Å². The highest BCUT2D eigenvalue weighted by Crippen LogP contribution is 2.30. The third-order valence-corrected chi connectivity index (χ3v) is 7.26. The number of rotatable bonds is 4. The van der Waals surface area contributed by atoms with Gasteiger partial charge < -0.3 is 21.3 Å². The number of aryl methyl sites for hydroxylation is 2. The molecule has 2 aliphatic heterocycles. The van der Waals surface area contributed by atoms with Crippen LogP contribution in [0.4, 0.5) is 81.5 Å². The second-order valence-corrected chi connectivity index (χ2v) is 11.5. The van der Waals surface area contributed by atoms with E-state index in [0.717, 1.165) is 50.1 Å². The number of carbonyl (C=O) groups is 4. The molecule has 3 aromatic rings. The van der Waals surface area contributed by atoms with Crippen LogP contribution in [0.25, 0.3) is 0 Å². The Labute approximate surface area is 300 Å². The fourth-order valence-corrected chi connectivity index (χ4v) is 4.61. The van der Waals surface area contributed by atoms with Crippen LogP contribution in [0.1, 0.15) is 24.0 Å². The van der Waals surface area contributed by atoms with Crippen molar-refractivity contribution in [3.63, 3.8) is 0 Å². The Kier molecular flexibility index (Phi) is 14.0. The molecule has 4 heterocycles. The second-order valence-electron chi connectivity index (χ2n) is 11.1. The first-order valence-corrected chi connectivity index (χ1v) is 15.3. The van der Waals surface area contributed by atoms with Gasteiger partial charge in [0, 0.05) is 23.6 Å². The average molecular weight is 810 g/mol. The smallest absolute Gasteiger partial charge is 0.382 e. The highest BCUT2D eigenvalue weighted by Gasteiger charge is 2.55. The van der Waals surface area contributed by atoms with E-state index < -0.39 is 47.8 Å². The summed E-state index contributed by atoms with van der Waals surface area (Å²) in [5.41, 5.74) is 5.44. The molecule has 0 amide bonds. The fourth-order valence-electron chi connectivity index (χ4n) is 4.47. The summed E-state index contributed by atoms with van der Waals surface area (Å²) in [5, 5.41) is 14.2. The number of hydrogen-bond acceptors (Lipinski definition) is 11. The van der Waals surface area contributed by atoms with Crippen LogP contribution in [0.2, 0.25) is 5.02 Å². The van der Waals surface area contributed by atoms with Gasteiger partial charge in [0.15, 0.2) is 5.82 Å². The van der Waals surface area contributed by atoms with E-state index in [9.17, 15) is 71.9 Å². The molecule has 11 nitrogen and oxygen atoms in total. The molecule has 1 fully saturated rings. The predicted octanol–water partition coefficient (Wildman–Crippen LogP) is 6.77. The lowest BCUT2D eigenvalue weighted by Gasteiger charge is -2.26. The van der Waals surface area contributed by atoms with Gasteiger partial charge in [0.05, 0.1) is 18.1 Å². The van der Waals surface area contributed by atoms with Crippen molar-refractivity contribution in [2.75, 3.05) is 29.0 Å². The third kappa shape index (κ3) is 12.8. The number of pyridine rings is 1. The lowest BCUT2D eigenvalue weighted by molar-refractivity contribution is -0.193. The average Bonchev–Trinajstić information content (AvgIpc) is 3.08. The highest BCUT2D eigenvalue weighted by molar-refractivity contribution is 6.41. The first-order valence-electron chi connectivity index (χ1n) is 14.9. The molecule has 0 unspecified atom stereocenters. The number of hydrogen-bond donors (Lipinski definition) is 4. The normalized spacial score (nSPS) is 14.8. The summed E-state index contributed by atoms with van der Waals surface area (Å²) < 4.78 is 134. The largest absolute Gasteiger partial charge is 0.458 e. The molecule has 0 saturated carbocycles. The summed E-state index contributed by atoms with van der Waals surface area (Å²) in [6.07, 6.45) is -13.7. The zero-order chi connectivity index (χ0) is 40.6.